The predicted octanol–water partition coefficient (Wildman–Crippen LogP) is 11.1. The lowest BCUT2D eigenvalue weighted by Gasteiger charge is -2.38. The van der Waals surface area contributed by atoms with Crippen LogP contribution in [0.3, 0.4) is 0 Å². The first-order valence-electron chi connectivity index (χ1n) is 16.0. The van der Waals surface area contributed by atoms with Gasteiger partial charge in [0.2, 0.25) is 0 Å². The molecule has 0 aromatic heterocycles. The Bertz CT molecular complexity index is 795. The van der Waals surface area contributed by atoms with Crippen LogP contribution in [-0.4, -0.2) is 12.2 Å². The Morgan fingerprint density at radius 2 is 1.38 bits per heavy atom. The summed E-state index contributed by atoms with van der Waals surface area (Å²) in [5.41, 5.74) is 5.21. The highest BCUT2D eigenvalue weighted by atomic mass is 16.5. The van der Waals surface area contributed by atoms with E-state index in [-0.39, 0.29) is 5.60 Å². The van der Waals surface area contributed by atoms with E-state index in [4.69, 9.17) is 9.47 Å². The molecule has 1 aliphatic rings. The molecule has 1 aromatic carbocycles. The molecule has 214 valence electrons. The Hall–Kier alpha value is -1.18. The summed E-state index contributed by atoms with van der Waals surface area (Å²) in [5.74, 6) is 4.84. The van der Waals surface area contributed by atoms with Crippen molar-refractivity contribution in [3.05, 3.63) is 22.3 Å². The van der Waals surface area contributed by atoms with Gasteiger partial charge in [0.1, 0.15) is 17.1 Å². The quantitative estimate of drug-likeness (QED) is 0.181. The fourth-order valence-corrected chi connectivity index (χ4v) is 6.18. The third-order valence-electron chi connectivity index (χ3n) is 9.08. The maximum Gasteiger partial charge on any atom is 0.127 e. The van der Waals surface area contributed by atoms with Crippen LogP contribution in [0.15, 0.2) is 0 Å². The first-order chi connectivity index (χ1) is 17.6. The largest absolute Gasteiger partial charge is 0.493 e. The van der Waals surface area contributed by atoms with Crippen molar-refractivity contribution in [3.63, 3.8) is 0 Å². The summed E-state index contributed by atoms with van der Waals surface area (Å²) in [4.78, 5) is 0. The molecule has 1 aliphatic heterocycles. The highest BCUT2D eigenvalue weighted by Gasteiger charge is 2.34. The van der Waals surface area contributed by atoms with Crippen LogP contribution in [0, 0.1) is 38.5 Å². The monoisotopic (exact) mass is 514 g/mol. The molecule has 1 aromatic rings. The number of fused-ring (bicyclic) bond motifs is 1. The van der Waals surface area contributed by atoms with E-state index in [1.165, 1.54) is 92.9 Å². The molecule has 0 unspecified atom stereocenters. The highest BCUT2D eigenvalue weighted by molar-refractivity contribution is 5.59. The molecule has 0 aliphatic carbocycles. The summed E-state index contributed by atoms with van der Waals surface area (Å²) >= 11 is 0. The number of hydrogen-bond acceptors (Lipinski definition) is 2. The second-order valence-corrected chi connectivity index (χ2v) is 13.3. The van der Waals surface area contributed by atoms with Crippen LogP contribution in [-0.2, 0) is 6.42 Å². The summed E-state index contributed by atoms with van der Waals surface area (Å²) in [6.07, 6.45) is 19.3. The van der Waals surface area contributed by atoms with Crippen LogP contribution < -0.4 is 9.47 Å². The summed E-state index contributed by atoms with van der Waals surface area (Å²) in [6.45, 7) is 21.7. The van der Waals surface area contributed by atoms with Gasteiger partial charge >= 0.3 is 0 Å². The molecule has 0 fully saturated rings. The van der Waals surface area contributed by atoms with Crippen LogP contribution in [0.2, 0.25) is 0 Å². The Balaban J connectivity index is 1.81. The molecule has 37 heavy (non-hydrogen) atoms. The highest BCUT2D eigenvalue weighted by Crippen LogP contribution is 2.45. The van der Waals surface area contributed by atoms with Crippen LogP contribution in [0.1, 0.15) is 154 Å². The van der Waals surface area contributed by atoms with Gasteiger partial charge in [0.15, 0.2) is 0 Å². The predicted molar refractivity (Wildman–Crippen MR) is 162 cm³/mol. The van der Waals surface area contributed by atoms with Crippen molar-refractivity contribution in [1.29, 1.82) is 0 Å². The van der Waals surface area contributed by atoms with Gasteiger partial charge < -0.3 is 9.47 Å². The second kappa shape index (κ2) is 16.0. The van der Waals surface area contributed by atoms with Gasteiger partial charge in [-0.3, -0.25) is 0 Å². The summed E-state index contributed by atoms with van der Waals surface area (Å²) in [5, 5.41) is 0. The second-order valence-electron chi connectivity index (χ2n) is 13.3. The van der Waals surface area contributed by atoms with Gasteiger partial charge in [0, 0.05) is 5.56 Å². The number of hydrogen-bond donors (Lipinski definition) is 0. The van der Waals surface area contributed by atoms with E-state index in [0.717, 1.165) is 61.5 Å². The van der Waals surface area contributed by atoms with Crippen LogP contribution in [0.4, 0.5) is 0 Å². The molecule has 0 N–H and O–H groups in total. The third-order valence-corrected chi connectivity index (χ3v) is 9.08. The minimum Gasteiger partial charge on any atom is -0.493 e. The van der Waals surface area contributed by atoms with Crippen molar-refractivity contribution in [3.8, 4) is 11.5 Å². The molecular weight excluding hydrogens is 452 g/mol. The van der Waals surface area contributed by atoms with Crippen LogP contribution >= 0.6 is 0 Å². The maximum absolute atomic E-state index is 6.82. The molecule has 2 heteroatoms. The number of ether oxygens (including phenoxy) is 2. The molecule has 2 rings (SSSR count). The van der Waals surface area contributed by atoms with E-state index in [1.54, 1.807) is 0 Å². The normalized spacial score (nSPS) is 19.0. The van der Waals surface area contributed by atoms with Gasteiger partial charge in [-0.2, -0.15) is 0 Å². The zero-order chi connectivity index (χ0) is 27.4. The Labute approximate surface area is 231 Å². The third kappa shape index (κ3) is 10.5. The zero-order valence-electron chi connectivity index (χ0n) is 26.4. The molecule has 3 atom stereocenters. The number of unbranched alkanes of at least 4 members (excludes halogenated alkanes) is 3. The lowest BCUT2D eigenvalue weighted by Crippen LogP contribution is -2.37. The minimum atomic E-state index is -0.0379. The molecule has 0 saturated carbocycles. The van der Waals surface area contributed by atoms with Gasteiger partial charge in [-0.25, -0.2) is 0 Å². The van der Waals surface area contributed by atoms with Gasteiger partial charge in [-0.05, 0) is 94.2 Å². The van der Waals surface area contributed by atoms with E-state index in [0.29, 0.717) is 0 Å². The fourth-order valence-electron chi connectivity index (χ4n) is 6.18. The molecule has 0 saturated heterocycles. The lowest BCUT2D eigenvalue weighted by atomic mass is 9.83. The van der Waals surface area contributed by atoms with Crippen molar-refractivity contribution in [2.24, 2.45) is 17.8 Å². The summed E-state index contributed by atoms with van der Waals surface area (Å²) in [7, 11) is 0. The minimum absolute atomic E-state index is 0.0379. The fraction of sp³-hybridized carbons (Fsp3) is 0.829. The molecule has 1 heterocycles. The van der Waals surface area contributed by atoms with Crippen molar-refractivity contribution < 1.29 is 9.47 Å². The summed E-state index contributed by atoms with van der Waals surface area (Å²) in [6, 6.07) is 0. The van der Waals surface area contributed by atoms with Crippen molar-refractivity contribution >= 4 is 0 Å². The molecular formula is C35H62O2. The number of rotatable bonds is 18. The zero-order valence-corrected chi connectivity index (χ0v) is 26.4. The van der Waals surface area contributed by atoms with Crippen LogP contribution in [0.5, 0.6) is 11.5 Å². The Kier molecular flexibility index (Phi) is 13.9. The first-order valence-corrected chi connectivity index (χ1v) is 16.0. The Morgan fingerprint density at radius 1 is 0.757 bits per heavy atom. The van der Waals surface area contributed by atoms with Gasteiger partial charge in [-0.1, -0.05) is 98.8 Å². The van der Waals surface area contributed by atoms with Gasteiger partial charge in [0.25, 0.3) is 0 Å². The molecule has 2 nitrogen and oxygen atoms in total. The molecule has 0 bridgehead atoms. The SMILES string of the molecule is CCCCCCOc1c(C)c(C)c2c(c1C)CC[C@@](C)(CCC[C@H](C)CCC[C@H](C)CCCC(C)C)O2. The van der Waals surface area contributed by atoms with E-state index in [1.807, 2.05) is 0 Å². The average Bonchev–Trinajstić information content (AvgIpc) is 2.84. The topological polar surface area (TPSA) is 18.5 Å². The van der Waals surface area contributed by atoms with E-state index in [9.17, 15) is 0 Å². The van der Waals surface area contributed by atoms with E-state index < -0.39 is 0 Å². The van der Waals surface area contributed by atoms with E-state index in [2.05, 4.69) is 62.3 Å². The summed E-state index contributed by atoms with van der Waals surface area (Å²) < 4.78 is 13.1. The van der Waals surface area contributed by atoms with Crippen LogP contribution in [0.25, 0.3) is 0 Å². The smallest absolute Gasteiger partial charge is 0.127 e. The van der Waals surface area contributed by atoms with E-state index >= 15 is 0 Å². The van der Waals surface area contributed by atoms with Crippen molar-refractivity contribution in [2.45, 2.75) is 164 Å². The standard InChI is InChI=1S/C35H62O2/c1-10-11-12-13-25-36-33-29(6)30(7)34-32(31(33)8)22-24-35(9,37-34)23-16-21-28(5)20-15-19-27(4)18-14-17-26(2)3/h26-28H,10-25H2,1-9H3/t27-,28-,35-/m1/s1. The van der Waals surface area contributed by atoms with Crippen molar-refractivity contribution in [1.82, 2.24) is 0 Å². The molecule has 0 amide bonds. The Morgan fingerprint density at radius 3 is 2.00 bits per heavy atom. The number of benzene rings is 1. The van der Waals surface area contributed by atoms with Gasteiger partial charge in [0.05, 0.1) is 6.61 Å². The van der Waals surface area contributed by atoms with Crippen molar-refractivity contribution in [2.75, 3.05) is 6.61 Å². The van der Waals surface area contributed by atoms with Gasteiger partial charge in [-0.15, -0.1) is 0 Å². The average molecular weight is 515 g/mol. The first kappa shape index (κ1) is 32.0. The molecule has 0 radical (unpaired) electrons. The lowest BCUT2D eigenvalue weighted by molar-refractivity contribution is 0.0511. The molecule has 0 spiro atoms. The maximum atomic E-state index is 6.82.